The molecule has 4 nitrogen and oxygen atoms in total. The summed E-state index contributed by atoms with van der Waals surface area (Å²) < 4.78 is 1.14. The lowest BCUT2D eigenvalue weighted by molar-refractivity contribution is 1.09. The van der Waals surface area contributed by atoms with Crippen LogP contribution in [0.3, 0.4) is 0 Å². The highest BCUT2D eigenvalue weighted by atomic mass is 79.9. The molecule has 3 rings (SSSR count). The molecule has 0 spiro atoms. The summed E-state index contributed by atoms with van der Waals surface area (Å²) in [4.78, 5) is 11.3. The van der Waals surface area contributed by atoms with Gasteiger partial charge in [-0.1, -0.05) is 0 Å². The van der Waals surface area contributed by atoms with Gasteiger partial charge in [0.2, 0.25) is 5.95 Å². The van der Waals surface area contributed by atoms with Gasteiger partial charge in [-0.05, 0) is 46.4 Å². The minimum Gasteiger partial charge on any atom is -0.364 e. The second kappa shape index (κ2) is 6.07. The normalized spacial score (nSPS) is 10.9. The van der Waals surface area contributed by atoms with Gasteiger partial charge in [0.05, 0.1) is 15.7 Å². The average molecular weight is 369 g/mol. The molecule has 3 aromatic heterocycles. The van der Waals surface area contributed by atoms with Crippen LogP contribution in [0.1, 0.15) is 11.8 Å². The molecular weight excluding hydrogens is 356 g/mol. The van der Waals surface area contributed by atoms with Crippen molar-refractivity contribution in [2.45, 2.75) is 13.5 Å². The number of hydrogen-bond donors (Lipinski definition) is 2. The molecule has 7 heteroatoms. The van der Waals surface area contributed by atoms with Crippen LogP contribution in [0.4, 0.5) is 11.8 Å². The number of halogens is 1. The van der Waals surface area contributed by atoms with Crippen LogP contribution < -0.4 is 10.6 Å². The summed E-state index contributed by atoms with van der Waals surface area (Å²) in [5, 5.41) is 9.70. The summed E-state index contributed by atoms with van der Waals surface area (Å²) in [6, 6.07) is 6.23. The van der Waals surface area contributed by atoms with Gasteiger partial charge in [-0.15, -0.1) is 22.7 Å². The quantitative estimate of drug-likeness (QED) is 0.692. The van der Waals surface area contributed by atoms with Crippen molar-refractivity contribution in [2.24, 2.45) is 0 Å². The van der Waals surface area contributed by atoms with E-state index in [1.54, 1.807) is 22.7 Å². The lowest BCUT2D eigenvalue weighted by Crippen LogP contribution is -2.06. The number of aromatic nitrogens is 2. The zero-order chi connectivity index (χ0) is 13.9. The molecular formula is C13H13BrN4S2. The third-order valence-electron chi connectivity index (χ3n) is 2.72. The molecule has 0 aromatic carbocycles. The minimum atomic E-state index is 0.678. The topological polar surface area (TPSA) is 49.8 Å². The molecule has 0 saturated heterocycles. The number of thiophene rings is 2. The first kappa shape index (κ1) is 13.8. The Labute approximate surface area is 133 Å². The van der Waals surface area contributed by atoms with E-state index in [1.807, 2.05) is 12.3 Å². The monoisotopic (exact) mass is 368 g/mol. The van der Waals surface area contributed by atoms with E-state index < -0.39 is 0 Å². The Hall–Kier alpha value is -1.18. The molecule has 0 aliphatic heterocycles. The third-order valence-corrected chi connectivity index (χ3v) is 5.15. The predicted molar refractivity (Wildman–Crippen MR) is 90.9 cm³/mol. The van der Waals surface area contributed by atoms with Gasteiger partial charge in [0.1, 0.15) is 10.6 Å². The average Bonchev–Trinajstić information content (AvgIpc) is 3.05. The van der Waals surface area contributed by atoms with Gasteiger partial charge >= 0.3 is 0 Å². The van der Waals surface area contributed by atoms with E-state index in [0.29, 0.717) is 5.95 Å². The highest BCUT2D eigenvalue weighted by Crippen LogP contribution is 2.28. The van der Waals surface area contributed by atoms with Crippen molar-refractivity contribution in [2.75, 3.05) is 17.2 Å². The molecule has 0 unspecified atom stereocenters. The first-order valence-corrected chi connectivity index (χ1v) is 8.72. The Balaban J connectivity index is 1.87. The molecule has 2 N–H and O–H groups in total. The van der Waals surface area contributed by atoms with Crippen LogP contribution in [-0.4, -0.2) is 16.5 Å². The number of anilines is 2. The molecule has 3 aromatic rings. The summed E-state index contributed by atoms with van der Waals surface area (Å²) in [6.07, 6.45) is 0. The molecule has 0 atom stereocenters. The second-order valence-electron chi connectivity index (χ2n) is 4.12. The lowest BCUT2D eigenvalue weighted by atomic mass is 10.3. The molecule has 0 amide bonds. The smallest absolute Gasteiger partial charge is 0.226 e. The van der Waals surface area contributed by atoms with E-state index in [0.717, 1.165) is 32.9 Å². The Morgan fingerprint density at radius 3 is 2.85 bits per heavy atom. The fourth-order valence-electron chi connectivity index (χ4n) is 1.84. The lowest BCUT2D eigenvalue weighted by Gasteiger charge is -2.08. The maximum absolute atomic E-state index is 4.55. The summed E-state index contributed by atoms with van der Waals surface area (Å²) in [7, 11) is 0. The minimum absolute atomic E-state index is 0.678. The molecule has 0 aliphatic rings. The Morgan fingerprint density at radius 1 is 1.20 bits per heavy atom. The van der Waals surface area contributed by atoms with Gasteiger partial charge in [-0.3, -0.25) is 0 Å². The molecule has 0 fully saturated rings. The zero-order valence-corrected chi connectivity index (χ0v) is 14.0. The summed E-state index contributed by atoms with van der Waals surface area (Å²) in [6.45, 7) is 3.62. The summed E-state index contributed by atoms with van der Waals surface area (Å²) in [5.74, 6) is 1.56. The van der Waals surface area contributed by atoms with Crippen molar-refractivity contribution in [3.8, 4) is 0 Å². The van der Waals surface area contributed by atoms with Crippen molar-refractivity contribution in [1.29, 1.82) is 0 Å². The largest absolute Gasteiger partial charge is 0.364 e. The molecule has 20 heavy (non-hydrogen) atoms. The number of nitrogens with zero attached hydrogens (tertiary/aromatic N) is 2. The first-order chi connectivity index (χ1) is 9.76. The van der Waals surface area contributed by atoms with Gasteiger partial charge < -0.3 is 10.6 Å². The first-order valence-electron chi connectivity index (χ1n) is 6.23. The highest BCUT2D eigenvalue weighted by Gasteiger charge is 2.08. The standard InChI is InChI=1S/C13H13BrN4S2/c1-2-15-13-17-11(9-5-6-19-12(9)18-13)16-7-8-3-4-10(14)20-8/h3-6H,2,7H2,1H3,(H2,15,16,17,18). The predicted octanol–water partition coefficient (Wildman–Crippen LogP) is 4.56. The highest BCUT2D eigenvalue weighted by molar-refractivity contribution is 9.11. The van der Waals surface area contributed by atoms with Gasteiger partial charge in [-0.25, -0.2) is 4.98 Å². The number of nitrogens with one attached hydrogen (secondary N) is 2. The van der Waals surface area contributed by atoms with E-state index in [-0.39, 0.29) is 0 Å². The van der Waals surface area contributed by atoms with Crippen LogP contribution in [0.2, 0.25) is 0 Å². The number of fused-ring (bicyclic) bond motifs is 1. The summed E-state index contributed by atoms with van der Waals surface area (Å²) >= 11 is 6.84. The SMILES string of the molecule is CCNc1nc(NCc2ccc(Br)s2)c2ccsc2n1. The van der Waals surface area contributed by atoms with E-state index in [4.69, 9.17) is 0 Å². The van der Waals surface area contributed by atoms with E-state index >= 15 is 0 Å². The van der Waals surface area contributed by atoms with Gasteiger partial charge in [0.25, 0.3) is 0 Å². The van der Waals surface area contributed by atoms with Crippen molar-refractivity contribution >= 4 is 60.6 Å². The van der Waals surface area contributed by atoms with Crippen LogP contribution in [0, 0.1) is 0 Å². The fourth-order valence-corrected chi connectivity index (χ4v) is 4.03. The van der Waals surface area contributed by atoms with Gasteiger partial charge in [0.15, 0.2) is 0 Å². The van der Waals surface area contributed by atoms with Crippen molar-refractivity contribution in [1.82, 2.24) is 9.97 Å². The Morgan fingerprint density at radius 2 is 2.10 bits per heavy atom. The van der Waals surface area contributed by atoms with Gasteiger partial charge in [-0.2, -0.15) is 4.98 Å². The van der Waals surface area contributed by atoms with Crippen LogP contribution in [-0.2, 0) is 6.54 Å². The van der Waals surface area contributed by atoms with Crippen molar-refractivity contribution < 1.29 is 0 Å². The molecule has 0 saturated carbocycles. The Kier molecular flexibility index (Phi) is 4.18. The summed E-state index contributed by atoms with van der Waals surface area (Å²) in [5.41, 5.74) is 0. The molecule has 3 heterocycles. The van der Waals surface area contributed by atoms with Crippen molar-refractivity contribution in [3.05, 3.63) is 32.2 Å². The Bertz CT molecular complexity index is 722. The zero-order valence-electron chi connectivity index (χ0n) is 10.8. The van der Waals surface area contributed by atoms with Gasteiger partial charge in [0, 0.05) is 11.4 Å². The van der Waals surface area contributed by atoms with Crippen LogP contribution >= 0.6 is 38.6 Å². The van der Waals surface area contributed by atoms with Crippen LogP contribution in [0.5, 0.6) is 0 Å². The van der Waals surface area contributed by atoms with E-state index in [1.165, 1.54) is 4.88 Å². The number of hydrogen-bond acceptors (Lipinski definition) is 6. The molecule has 0 bridgehead atoms. The van der Waals surface area contributed by atoms with Crippen LogP contribution in [0.25, 0.3) is 10.2 Å². The molecule has 0 aliphatic carbocycles. The van der Waals surface area contributed by atoms with Crippen LogP contribution in [0.15, 0.2) is 27.4 Å². The van der Waals surface area contributed by atoms with E-state index in [2.05, 4.69) is 54.7 Å². The fraction of sp³-hybridized carbons (Fsp3) is 0.231. The van der Waals surface area contributed by atoms with Crippen molar-refractivity contribution in [3.63, 3.8) is 0 Å². The molecule has 104 valence electrons. The maximum atomic E-state index is 4.55. The maximum Gasteiger partial charge on any atom is 0.226 e. The van der Waals surface area contributed by atoms with E-state index in [9.17, 15) is 0 Å². The second-order valence-corrected chi connectivity index (χ2v) is 7.57. The third kappa shape index (κ3) is 2.94. The molecule has 0 radical (unpaired) electrons. The number of rotatable bonds is 5.